The van der Waals surface area contributed by atoms with E-state index < -0.39 is 6.98 Å². The van der Waals surface area contributed by atoms with Crippen LogP contribution in [0, 0.1) is 29.6 Å². The van der Waals surface area contributed by atoms with Crippen molar-refractivity contribution in [2.45, 2.75) is 122 Å². The molecule has 0 aliphatic carbocycles. The lowest BCUT2D eigenvalue weighted by molar-refractivity contribution is 0.284. The lowest BCUT2D eigenvalue weighted by atomic mass is 10.1. The van der Waals surface area contributed by atoms with Gasteiger partial charge in [-0.2, -0.15) is 0 Å². The van der Waals surface area contributed by atoms with E-state index in [9.17, 15) is 0 Å². The molecule has 0 saturated carbocycles. The summed E-state index contributed by atoms with van der Waals surface area (Å²) in [7, 11) is 12.3. The molecule has 0 aromatic carbocycles. The van der Waals surface area contributed by atoms with Crippen molar-refractivity contribution in [3.63, 3.8) is 0 Å². The summed E-state index contributed by atoms with van der Waals surface area (Å²) in [6, 6.07) is 0. The van der Waals surface area contributed by atoms with Crippen LogP contribution in [0.25, 0.3) is 0 Å². The van der Waals surface area contributed by atoms with Gasteiger partial charge in [-0.15, -0.1) is 0 Å². The van der Waals surface area contributed by atoms with Gasteiger partial charge in [-0.3, -0.25) is 0 Å². The summed E-state index contributed by atoms with van der Waals surface area (Å²) < 4.78 is 21.1. The second kappa shape index (κ2) is 38.0. The van der Waals surface area contributed by atoms with Gasteiger partial charge in [0.05, 0.1) is 0 Å². The SMILES string of the molecule is CC(C)CCN(C)C.CC(C)CCN(C)C.CCN(C)CCC(C)C.CCN(CC)CCC(C)C.[2H]C([2H])([2H])N(C)CCC(C)C. The van der Waals surface area contributed by atoms with Crippen LogP contribution in [-0.4, -0.2) is 126 Å². The Labute approximate surface area is 281 Å². The lowest BCUT2D eigenvalue weighted by Crippen LogP contribution is -2.24. The van der Waals surface area contributed by atoms with Crippen molar-refractivity contribution in [2.75, 3.05) is 102 Å². The molecule has 0 aliphatic heterocycles. The fourth-order valence-corrected chi connectivity index (χ4v) is 3.10. The summed E-state index contributed by atoms with van der Waals surface area (Å²) in [5.74, 6) is 3.95. The van der Waals surface area contributed by atoms with E-state index in [1.165, 1.54) is 76.4 Å². The number of rotatable bonds is 18. The fraction of sp³-hybridized carbons (Fsp3) is 1.00. The Kier molecular flexibility index (Phi) is 39.7. The smallest absolute Gasteiger partial charge is 0.0394 e. The molecule has 0 heterocycles. The average Bonchev–Trinajstić information content (AvgIpc) is 2.93. The molecular weight excluding hydrogens is 526 g/mol. The van der Waals surface area contributed by atoms with E-state index in [4.69, 9.17) is 4.11 Å². The van der Waals surface area contributed by atoms with E-state index in [0.717, 1.165) is 30.1 Å². The molecule has 5 nitrogen and oxygen atoms in total. The molecule has 0 aromatic heterocycles. The van der Waals surface area contributed by atoms with Gasteiger partial charge in [-0.05, 0) is 163 Å². The molecule has 5 heteroatoms. The molecule has 0 aliphatic rings. The standard InChI is InChI=1S/C9H21N.C8H19N.3C7H17N/c1-5-10(6-2)8-7-9(3)4;1-5-9(4)7-6-8(2)3;3*1-7(2)5-6-8(3)4/h9H,5-8H2,1-4H3;8H,5-7H2,1-4H3;3*7H,5-6H2,1-4H3/i;;3D3;;. The summed E-state index contributed by atoms with van der Waals surface area (Å²) in [6.07, 6.45) is 6.22. The summed E-state index contributed by atoms with van der Waals surface area (Å²) in [5, 5.41) is 0. The van der Waals surface area contributed by atoms with Crippen molar-refractivity contribution in [2.24, 2.45) is 29.6 Å². The van der Waals surface area contributed by atoms with Crippen LogP contribution in [0.2, 0.25) is 0 Å². The van der Waals surface area contributed by atoms with Crippen LogP contribution in [0.1, 0.15) is 126 Å². The molecule has 0 radical (unpaired) electrons. The minimum absolute atomic E-state index is 0.569. The molecule has 0 amide bonds. The first-order chi connectivity index (χ1) is 21.0. The van der Waals surface area contributed by atoms with E-state index in [2.05, 4.69) is 145 Å². The van der Waals surface area contributed by atoms with Gasteiger partial charge in [0.2, 0.25) is 0 Å². The quantitative estimate of drug-likeness (QED) is 0.151. The third-order valence-corrected chi connectivity index (χ3v) is 6.89. The van der Waals surface area contributed by atoms with Gasteiger partial charge in [-0.1, -0.05) is 90.0 Å². The predicted molar refractivity (Wildman–Crippen MR) is 204 cm³/mol. The zero-order chi connectivity index (χ0) is 37.5. The van der Waals surface area contributed by atoms with Crippen LogP contribution < -0.4 is 0 Å². The molecule has 0 aromatic rings. The Morgan fingerprint density at radius 1 is 0.395 bits per heavy atom. The molecule has 0 rings (SSSR count). The van der Waals surface area contributed by atoms with E-state index in [-0.39, 0.29) is 0 Å². The normalized spacial score (nSPS) is 12.6. The Hall–Kier alpha value is -0.200. The molecule has 0 spiro atoms. The Morgan fingerprint density at radius 3 is 0.884 bits per heavy atom. The van der Waals surface area contributed by atoms with Gasteiger partial charge >= 0.3 is 0 Å². The highest BCUT2D eigenvalue weighted by Crippen LogP contribution is 2.02. The zero-order valence-corrected chi connectivity index (χ0v) is 33.8. The topological polar surface area (TPSA) is 16.2 Å². The molecule has 0 N–H and O–H groups in total. The second-order valence-electron chi connectivity index (χ2n) is 14.9. The van der Waals surface area contributed by atoms with Gasteiger partial charge in [0.15, 0.2) is 0 Å². The first-order valence-corrected chi connectivity index (χ1v) is 17.9. The molecule has 0 fully saturated rings. The first-order valence-electron chi connectivity index (χ1n) is 19.4. The molecule has 0 unspecified atom stereocenters. The van der Waals surface area contributed by atoms with Crippen molar-refractivity contribution < 1.29 is 4.11 Å². The third-order valence-electron chi connectivity index (χ3n) is 6.89. The summed E-state index contributed by atoms with van der Waals surface area (Å²) >= 11 is 0. The monoisotopic (exact) mass is 621 g/mol. The largest absolute Gasteiger partial charge is 0.309 e. The lowest BCUT2D eigenvalue weighted by Gasteiger charge is -2.18. The summed E-state index contributed by atoms with van der Waals surface area (Å²) in [6.45, 7) is 36.2. The molecule has 0 atom stereocenters. The van der Waals surface area contributed by atoms with Crippen molar-refractivity contribution >= 4 is 0 Å². The average molecular weight is 621 g/mol. The maximum absolute atomic E-state index is 7.04. The number of hydrogen-bond acceptors (Lipinski definition) is 5. The van der Waals surface area contributed by atoms with Gasteiger partial charge in [0, 0.05) is 4.11 Å². The molecule has 268 valence electrons. The Balaban J connectivity index is -0.000000153. The van der Waals surface area contributed by atoms with Crippen LogP contribution in [0.15, 0.2) is 0 Å². The van der Waals surface area contributed by atoms with E-state index in [1.807, 2.05) is 0 Å². The van der Waals surface area contributed by atoms with Crippen molar-refractivity contribution in [3.8, 4) is 0 Å². The Morgan fingerprint density at radius 2 is 0.674 bits per heavy atom. The van der Waals surface area contributed by atoms with Crippen LogP contribution in [-0.2, 0) is 0 Å². The van der Waals surface area contributed by atoms with Gasteiger partial charge in [-0.25, -0.2) is 0 Å². The van der Waals surface area contributed by atoms with Gasteiger partial charge < -0.3 is 24.5 Å². The molecule has 0 bridgehead atoms. The molecular formula is C38H91N5. The highest BCUT2D eigenvalue weighted by Gasteiger charge is 2.00. The van der Waals surface area contributed by atoms with E-state index in [1.54, 1.807) is 7.05 Å². The van der Waals surface area contributed by atoms with Crippen molar-refractivity contribution in [3.05, 3.63) is 0 Å². The van der Waals surface area contributed by atoms with E-state index in [0.29, 0.717) is 12.5 Å². The van der Waals surface area contributed by atoms with Crippen LogP contribution >= 0.6 is 0 Å². The fourth-order valence-electron chi connectivity index (χ4n) is 3.10. The van der Waals surface area contributed by atoms with Crippen LogP contribution in [0.5, 0.6) is 0 Å². The van der Waals surface area contributed by atoms with Crippen molar-refractivity contribution in [1.29, 1.82) is 0 Å². The summed E-state index contributed by atoms with van der Waals surface area (Å²) in [4.78, 5) is 10.7. The highest BCUT2D eigenvalue weighted by atomic mass is 15.1. The maximum Gasteiger partial charge on any atom is 0.0394 e. The van der Waals surface area contributed by atoms with Crippen LogP contribution in [0.3, 0.4) is 0 Å². The summed E-state index contributed by atoms with van der Waals surface area (Å²) in [5.41, 5.74) is 0. The minimum atomic E-state index is -1.92. The second-order valence-corrected chi connectivity index (χ2v) is 14.9. The van der Waals surface area contributed by atoms with Crippen molar-refractivity contribution in [1.82, 2.24) is 24.5 Å². The molecule has 43 heavy (non-hydrogen) atoms. The zero-order valence-electron chi connectivity index (χ0n) is 36.8. The first kappa shape index (κ1) is 44.9. The minimum Gasteiger partial charge on any atom is -0.309 e. The third kappa shape index (κ3) is 69.8. The maximum atomic E-state index is 7.04. The Bertz CT molecular complexity index is 529. The van der Waals surface area contributed by atoms with Crippen LogP contribution in [0.4, 0.5) is 0 Å². The predicted octanol–water partition coefficient (Wildman–Crippen LogP) is 9.14. The van der Waals surface area contributed by atoms with Gasteiger partial charge in [0.25, 0.3) is 0 Å². The van der Waals surface area contributed by atoms with E-state index >= 15 is 0 Å². The number of nitrogens with zero attached hydrogens (tertiary/aromatic N) is 5. The highest BCUT2D eigenvalue weighted by molar-refractivity contribution is 4.54. The number of hydrogen-bond donors (Lipinski definition) is 0. The van der Waals surface area contributed by atoms with Gasteiger partial charge in [0.1, 0.15) is 0 Å². The molecule has 0 saturated heterocycles.